The smallest absolute Gasteiger partial charge is 0.222 e. The average molecular weight is 395 g/mol. The SMILES string of the molecule is COC(CN)CC(=O)NCC(O)c1cccc(OCc2ccccc2)c1.Cl. The van der Waals surface area contributed by atoms with Gasteiger partial charge in [-0.15, -0.1) is 12.4 Å². The van der Waals surface area contributed by atoms with E-state index in [0.717, 1.165) is 5.56 Å². The number of carbonyl (C=O) groups is 1. The number of nitrogens with one attached hydrogen (secondary N) is 1. The van der Waals surface area contributed by atoms with Crippen molar-refractivity contribution in [1.29, 1.82) is 0 Å². The summed E-state index contributed by atoms with van der Waals surface area (Å²) in [5, 5.41) is 13.0. The Bertz CT molecular complexity index is 681. The Morgan fingerprint density at radius 3 is 2.59 bits per heavy atom. The first-order valence-corrected chi connectivity index (χ1v) is 8.56. The van der Waals surface area contributed by atoms with E-state index in [4.69, 9.17) is 15.2 Å². The molecule has 0 heterocycles. The topological polar surface area (TPSA) is 93.8 Å². The van der Waals surface area contributed by atoms with Crippen molar-refractivity contribution < 1.29 is 19.4 Å². The van der Waals surface area contributed by atoms with Gasteiger partial charge in [0.25, 0.3) is 0 Å². The van der Waals surface area contributed by atoms with Crippen molar-refractivity contribution in [3.63, 3.8) is 0 Å². The number of ether oxygens (including phenoxy) is 2. The number of rotatable bonds is 10. The number of hydrogen-bond acceptors (Lipinski definition) is 5. The highest BCUT2D eigenvalue weighted by Crippen LogP contribution is 2.20. The second-order valence-electron chi connectivity index (χ2n) is 5.96. The van der Waals surface area contributed by atoms with E-state index in [1.165, 1.54) is 7.11 Å². The van der Waals surface area contributed by atoms with E-state index in [-0.39, 0.29) is 43.9 Å². The molecule has 2 aromatic carbocycles. The largest absolute Gasteiger partial charge is 0.489 e. The Labute approximate surface area is 166 Å². The number of amides is 1. The van der Waals surface area contributed by atoms with Crippen LogP contribution in [0, 0.1) is 0 Å². The zero-order chi connectivity index (χ0) is 18.8. The van der Waals surface area contributed by atoms with Crippen LogP contribution < -0.4 is 15.8 Å². The number of halogens is 1. The summed E-state index contributed by atoms with van der Waals surface area (Å²) < 4.78 is 10.8. The summed E-state index contributed by atoms with van der Waals surface area (Å²) in [5.74, 6) is 0.456. The minimum atomic E-state index is -0.821. The molecule has 0 aromatic heterocycles. The molecule has 1 amide bonds. The van der Waals surface area contributed by atoms with Gasteiger partial charge in [0.2, 0.25) is 5.91 Å². The van der Waals surface area contributed by atoms with Crippen LogP contribution in [0.3, 0.4) is 0 Å². The third-order valence-corrected chi connectivity index (χ3v) is 3.99. The Morgan fingerprint density at radius 1 is 1.19 bits per heavy atom. The second-order valence-corrected chi connectivity index (χ2v) is 5.96. The number of methoxy groups -OCH3 is 1. The van der Waals surface area contributed by atoms with Crippen molar-refractivity contribution in [2.75, 3.05) is 20.2 Å². The summed E-state index contributed by atoms with van der Waals surface area (Å²) in [4.78, 5) is 11.9. The van der Waals surface area contributed by atoms with Crippen LogP contribution in [0.5, 0.6) is 5.75 Å². The number of aliphatic hydroxyl groups is 1. The van der Waals surface area contributed by atoms with Gasteiger partial charge in [0.1, 0.15) is 12.4 Å². The third kappa shape index (κ3) is 7.97. The molecule has 148 valence electrons. The Morgan fingerprint density at radius 2 is 1.93 bits per heavy atom. The molecular weight excluding hydrogens is 368 g/mol. The summed E-state index contributed by atoms with van der Waals surface area (Å²) in [5.41, 5.74) is 7.24. The van der Waals surface area contributed by atoms with Crippen LogP contribution >= 0.6 is 12.4 Å². The lowest BCUT2D eigenvalue weighted by molar-refractivity contribution is -0.123. The van der Waals surface area contributed by atoms with Crippen molar-refractivity contribution in [3.05, 3.63) is 65.7 Å². The minimum Gasteiger partial charge on any atom is -0.489 e. The predicted molar refractivity (Wildman–Crippen MR) is 107 cm³/mol. The van der Waals surface area contributed by atoms with Crippen LogP contribution in [0.15, 0.2) is 54.6 Å². The van der Waals surface area contributed by atoms with Gasteiger partial charge >= 0.3 is 0 Å². The van der Waals surface area contributed by atoms with E-state index in [1.807, 2.05) is 42.5 Å². The molecule has 2 aromatic rings. The highest BCUT2D eigenvalue weighted by molar-refractivity contribution is 5.85. The van der Waals surface area contributed by atoms with Crippen molar-refractivity contribution in [2.45, 2.75) is 25.2 Å². The van der Waals surface area contributed by atoms with Gasteiger partial charge in [0.05, 0.1) is 18.6 Å². The fraction of sp³-hybridized carbons (Fsp3) is 0.350. The Hall–Kier alpha value is -2.12. The van der Waals surface area contributed by atoms with Crippen LogP contribution in [0.2, 0.25) is 0 Å². The molecular formula is C20H27ClN2O4. The molecule has 6 nitrogen and oxygen atoms in total. The number of nitrogens with two attached hydrogens (primary N) is 1. The summed E-state index contributed by atoms with van der Waals surface area (Å²) in [6.07, 6.45) is -0.972. The van der Waals surface area contributed by atoms with Crippen molar-refractivity contribution in [1.82, 2.24) is 5.32 Å². The normalized spacial score (nSPS) is 12.6. The third-order valence-electron chi connectivity index (χ3n) is 3.99. The number of hydrogen-bond donors (Lipinski definition) is 3. The molecule has 27 heavy (non-hydrogen) atoms. The van der Waals surface area contributed by atoms with Crippen LogP contribution in [-0.4, -0.2) is 37.3 Å². The first kappa shape index (κ1) is 22.9. The fourth-order valence-electron chi connectivity index (χ4n) is 2.42. The summed E-state index contributed by atoms with van der Waals surface area (Å²) in [6, 6.07) is 17.1. The molecule has 0 fully saturated rings. The lowest BCUT2D eigenvalue weighted by Gasteiger charge is -2.16. The number of aliphatic hydroxyl groups excluding tert-OH is 1. The molecule has 0 aliphatic carbocycles. The van der Waals surface area contributed by atoms with E-state index in [2.05, 4.69) is 5.32 Å². The van der Waals surface area contributed by atoms with Crippen LogP contribution in [0.25, 0.3) is 0 Å². The molecule has 0 bridgehead atoms. The van der Waals surface area contributed by atoms with E-state index in [0.29, 0.717) is 17.9 Å². The van der Waals surface area contributed by atoms with Gasteiger partial charge < -0.3 is 25.6 Å². The van der Waals surface area contributed by atoms with Gasteiger partial charge in [-0.1, -0.05) is 42.5 Å². The molecule has 0 saturated heterocycles. The van der Waals surface area contributed by atoms with Gasteiger partial charge in [-0.25, -0.2) is 0 Å². The van der Waals surface area contributed by atoms with E-state index in [9.17, 15) is 9.90 Å². The molecule has 2 atom stereocenters. The Balaban J connectivity index is 0.00000364. The maximum atomic E-state index is 11.9. The number of carbonyl (C=O) groups excluding carboxylic acids is 1. The molecule has 7 heteroatoms. The van der Waals surface area contributed by atoms with E-state index in [1.54, 1.807) is 12.1 Å². The van der Waals surface area contributed by atoms with Gasteiger partial charge in [-0.3, -0.25) is 4.79 Å². The summed E-state index contributed by atoms with van der Waals surface area (Å²) in [7, 11) is 1.51. The lowest BCUT2D eigenvalue weighted by atomic mass is 10.1. The summed E-state index contributed by atoms with van der Waals surface area (Å²) >= 11 is 0. The van der Waals surface area contributed by atoms with Gasteiger partial charge in [-0.05, 0) is 23.3 Å². The Kier molecular flexibility index (Phi) is 10.4. The molecule has 2 rings (SSSR count). The average Bonchev–Trinajstić information content (AvgIpc) is 2.69. The van der Waals surface area contributed by atoms with Crippen molar-refractivity contribution in [2.24, 2.45) is 5.73 Å². The molecule has 0 spiro atoms. The monoisotopic (exact) mass is 394 g/mol. The zero-order valence-corrected chi connectivity index (χ0v) is 16.2. The van der Waals surface area contributed by atoms with E-state index < -0.39 is 6.10 Å². The number of benzene rings is 2. The van der Waals surface area contributed by atoms with Crippen LogP contribution in [0.4, 0.5) is 0 Å². The maximum Gasteiger partial charge on any atom is 0.222 e. The minimum absolute atomic E-state index is 0. The van der Waals surface area contributed by atoms with Crippen LogP contribution in [0.1, 0.15) is 23.7 Å². The standard InChI is InChI=1S/C20H26N2O4.ClH/c1-25-18(12-21)11-20(24)22-13-19(23)16-8-5-9-17(10-16)26-14-15-6-3-2-4-7-15;/h2-10,18-19,23H,11-14,21H2,1H3,(H,22,24);1H. The van der Waals surface area contributed by atoms with Crippen LogP contribution in [-0.2, 0) is 16.1 Å². The molecule has 0 saturated carbocycles. The molecule has 0 radical (unpaired) electrons. The first-order valence-electron chi connectivity index (χ1n) is 8.56. The van der Waals surface area contributed by atoms with Gasteiger partial charge in [0, 0.05) is 20.2 Å². The molecule has 0 aliphatic rings. The zero-order valence-electron chi connectivity index (χ0n) is 15.3. The van der Waals surface area contributed by atoms with Gasteiger partial charge in [-0.2, -0.15) is 0 Å². The van der Waals surface area contributed by atoms with Crippen molar-refractivity contribution in [3.8, 4) is 5.75 Å². The highest BCUT2D eigenvalue weighted by atomic mass is 35.5. The lowest BCUT2D eigenvalue weighted by Crippen LogP contribution is -2.34. The van der Waals surface area contributed by atoms with Crippen molar-refractivity contribution >= 4 is 18.3 Å². The summed E-state index contributed by atoms with van der Waals surface area (Å²) in [6.45, 7) is 0.837. The fourth-order valence-corrected chi connectivity index (χ4v) is 2.42. The molecule has 0 aliphatic heterocycles. The first-order chi connectivity index (χ1) is 12.6. The van der Waals surface area contributed by atoms with E-state index >= 15 is 0 Å². The molecule has 2 unspecified atom stereocenters. The predicted octanol–water partition coefficient (Wildman–Crippen LogP) is 2.20. The maximum absolute atomic E-state index is 11.9. The highest BCUT2D eigenvalue weighted by Gasteiger charge is 2.14. The second kappa shape index (κ2) is 12.3. The molecule has 4 N–H and O–H groups in total. The quantitative estimate of drug-likeness (QED) is 0.574. The van der Waals surface area contributed by atoms with Gasteiger partial charge in [0.15, 0.2) is 0 Å².